The Hall–Kier alpha value is -2.39. The minimum atomic E-state index is -1.56. The Balaban J connectivity index is 3.23. The molecule has 5 nitrogen and oxygen atoms in total. The number of hydrogen-bond acceptors (Lipinski definition) is 4. The van der Waals surface area contributed by atoms with Crippen LogP contribution in [0.1, 0.15) is 26.3 Å². The lowest BCUT2D eigenvalue weighted by Crippen LogP contribution is -2.29. The van der Waals surface area contributed by atoms with Gasteiger partial charge >= 0.3 is 5.97 Å². The van der Waals surface area contributed by atoms with Crippen LogP contribution >= 0.6 is 0 Å². The predicted molar refractivity (Wildman–Crippen MR) is 100 cm³/mol. The SMILES string of the molecule is CC[Si](C#Cc1ccc(OC)c(O/C(=C\OC)C(=O)O)c1)(CC)CC. The maximum atomic E-state index is 11.2. The zero-order valence-corrected chi connectivity index (χ0v) is 16.5. The third kappa shape index (κ3) is 5.57. The molecule has 0 fully saturated rings. The quantitative estimate of drug-likeness (QED) is 0.327. The number of rotatable bonds is 8. The predicted octanol–water partition coefficient (Wildman–Crippen LogP) is 4.05. The number of hydrogen-bond donors (Lipinski definition) is 1. The van der Waals surface area contributed by atoms with E-state index in [1.165, 1.54) is 14.2 Å². The van der Waals surface area contributed by atoms with E-state index in [1.807, 2.05) is 6.07 Å². The Morgan fingerprint density at radius 1 is 1.16 bits per heavy atom. The number of ether oxygens (including phenoxy) is 3. The first kappa shape index (κ1) is 20.7. The van der Waals surface area contributed by atoms with Crippen LogP contribution in [0.3, 0.4) is 0 Å². The number of carboxylic acids is 1. The monoisotopic (exact) mass is 362 g/mol. The summed E-state index contributed by atoms with van der Waals surface area (Å²) in [4.78, 5) is 11.2. The Kier molecular flexibility index (Phi) is 8.09. The van der Waals surface area contributed by atoms with Crippen molar-refractivity contribution in [3.8, 4) is 23.0 Å². The smallest absolute Gasteiger partial charge is 0.375 e. The van der Waals surface area contributed by atoms with Gasteiger partial charge in [0.25, 0.3) is 0 Å². The van der Waals surface area contributed by atoms with E-state index in [2.05, 4.69) is 32.2 Å². The molecule has 0 aliphatic rings. The van der Waals surface area contributed by atoms with Gasteiger partial charge in [-0.3, -0.25) is 0 Å². The van der Waals surface area contributed by atoms with E-state index in [-0.39, 0.29) is 11.5 Å². The van der Waals surface area contributed by atoms with E-state index in [0.29, 0.717) is 5.75 Å². The molecule has 0 spiro atoms. The molecule has 25 heavy (non-hydrogen) atoms. The van der Waals surface area contributed by atoms with Gasteiger partial charge in [0.2, 0.25) is 5.76 Å². The van der Waals surface area contributed by atoms with Gasteiger partial charge in [0.1, 0.15) is 14.3 Å². The van der Waals surface area contributed by atoms with E-state index in [4.69, 9.17) is 19.3 Å². The summed E-state index contributed by atoms with van der Waals surface area (Å²) in [7, 11) is 1.29. The molecule has 0 unspecified atom stereocenters. The molecule has 1 aromatic rings. The van der Waals surface area contributed by atoms with Gasteiger partial charge in [0, 0.05) is 11.6 Å². The number of carboxylic acid groups (broad SMARTS) is 1. The minimum absolute atomic E-state index is 0.289. The maximum absolute atomic E-state index is 11.2. The number of aliphatic carboxylic acids is 1. The van der Waals surface area contributed by atoms with E-state index >= 15 is 0 Å². The second kappa shape index (κ2) is 9.79. The van der Waals surface area contributed by atoms with Crippen LogP contribution in [0.25, 0.3) is 0 Å². The molecule has 0 saturated heterocycles. The standard InChI is InChI=1S/C19H26O5Si/c1-6-25(7-2,8-3)12-11-15-9-10-16(23-5)17(13-15)24-18(14-22-4)19(20)21/h9-10,13-14H,6-8H2,1-5H3,(H,20,21)/b18-14-. The average molecular weight is 362 g/mol. The average Bonchev–Trinajstić information content (AvgIpc) is 2.63. The lowest BCUT2D eigenvalue weighted by Gasteiger charge is -2.20. The molecule has 0 aliphatic carbocycles. The lowest BCUT2D eigenvalue weighted by molar-refractivity contribution is -0.135. The number of methoxy groups -OCH3 is 2. The summed E-state index contributed by atoms with van der Waals surface area (Å²) >= 11 is 0. The topological polar surface area (TPSA) is 65.0 Å². The van der Waals surface area contributed by atoms with Crippen LogP contribution in [0.4, 0.5) is 0 Å². The third-order valence-electron chi connectivity index (χ3n) is 4.32. The Morgan fingerprint density at radius 2 is 1.80 bits per heavy atom. The Labute approximate surface area is 150 Å². The molecule has 1 rings (SSSR count). The van der Waals surface area contributed by atoms with Crippen LogP contribution in [-0.4, -0.2) is 33.4 Å². The Bertz CT molecular complexity index is 673. The molecule has 0 aliphatic heterocycles. The van der Waals surface area contributed by atoms with Gasteiger partial charge in [-0.05, 0) is 30.3 Å². The molecular weight excluding hydrogens is 336 g/mol. The highest BCUT2D eigenvalue weighted by Crippen LogP contribution is 2.30. The van der Waals surface area contributed by atoms with Crippen LogP contribution in [0.5, 0.6) is 11.5 Å². The van der Waals surface area contributed by atoms with Crippen molar-refractivity contribution in [2.24, 2.45) is 0 Å². The van der Waals surface area contributed by atoms with Crippen LogP contribution in [-0.2, 0) is 9.53 Å². The van der Waals surface area contributed by atoms with Crippen molar-refractivity contribution in [3.05, 3.63) is 35.8 Å². The molecule has 0 saturated carbocycles. The molecule has 0 bridgehead atoms. The van der Waals surface area contributed by atoms with Crippen molar-refractivity contribution in [2.45, 2.75) is 38.9 Å². The van der Waals surface area contributed by atoms with Crippen LogP contribution < -0.4 is 9.47 Å². The van der Waals surface area contributed by atoms with Crippen molar-refractivity contribution in [1.82, 2.24) is 0 Å². The van der Waals surface area contributed by atoms with Crippen molar-refractivity contribution in [1.29, 1.82) is 0 Å². The van der Waals surface area contributed by atoms with Crippen molar-refractivity contribution < 1.29 is 24.1 Å². The first-order valence-corrected chi connectivity index (χ1v) is 10.9. The summed E-state index contributed by atoms with van der Waals surface area (Å²) in [6.07, 6.45) is 1.03. The highest BCUT2D eigenvalue weighted by molar-refractivity contribution is 6.87. The van der Waals surface area contributed by atoms with Gasteiger partial charge in [0.15, 0.2) is 11.5 Å². The molecule has 0 radical (unpaired) electrons. The molecule has 1 aromatic carbocycles. The fraction of sp³-hybridized carbons (Fsp3) is 0.421. The third-order valence-corrected chi connectivity index (χ3v) is 9.04. The van der Waals surface area contributed by atoms with Crippen molar-refractivity contribution >= 4 is 14.0 Å². The molecule has 6 heteroatoms. The summed E-state index contributed by atoms with van der Waals surface area (Å²) in [5.41, 5.74) is 4.27. The van der Waals surface area contributed by atoms with Gasteiger partial charge in [-0.25, -0.2) is 4.79 Å². The number of benzene rings is 1. The zero-order chi connectivity index (χ0) is 18.9. The Morgan fingerprint density at radius 3 is 2.28 bits per heavy atom. The number of carbonyl (C=O) groups is 1. The zero-order valence-electron chi connectivity index (χ0n) is 15.5. The van der Waals surface area contributed by atoms with E-state index in [9.17, 15) is 4.79 Å². The lowest BCUT2D eigenvalue weighted by atomic mass is 10.2. The van der Waals surface area contributed by atoms with Crippen molar-refractivity contribution in [2.75, 3.05) is 14.2 Å². The highest BCUT2D eigenvalue weighted by atomic mass is 28.3. The summed E-state index contributed by atoms with van der Waals surface area (Å²) in [5.74, 6) is 2.41. The minimum Gasteiger partial charge on any atom is -0.500 e. The summed E-state index contributed by atoms with van der Waals surface area (Å²) in [6, 6.07) is 8.61. The highest BCUT2D eigenvalue weighted by Gasteiger charge is 2.24. The second-order valence-electron chi connectivity index (χ2n) is 5.58. The van der Waals surface area contributed by atoms with Crippen LogP contribution in [0.2, 0.25) is 18.1 Å². The van der Waals surface area contributed by atoms with E-state index in [1.54, 1.807) is 12.1 Å². The fourth-order valence-corrected chi connectivity index (χ4v) is 4.84. The van der Waals surface area contributed by atoms with Gasteiger partial charge in [-0.15, -0.1) is 5.54 Å². The molecule has 0 aromatic heterocycles. The fourth-order valence-electron chi connectivity index (χ4n) is 2.40. The molecular formula is C19H26O5Si. The van der Waals surface area contributed by atoms with Crippen LogP contribution in [0.15, 0.2) is 30.2 Å². The first-order valence-electron chi connectivity index (χ1n) is 8.30. The van der Waals surface area contributed by atoms with Gasteiger partial charge in [-0.2, -0.15) is 0 Å². The largest absolute Gasteiger partial charge is 0.500 e. The summed E-state index contributed by atoms with van der Waals surface area (Å²) in [6.45, 7) is 6.60. The molecule has 0 amide bonds. The van der Waals surface area contributed by atoms with Gasteiger partial charge in [-0.1, -0.05) is 26.7 Å². The van der Waals surface area contributed by atoms with Gasteiger partial charge in [0.05, 0.1) is 14.2 Å². The second-order valence-corrected chi connectivity index (χ2v) is 10.5. The molecule has 0 atom stereocenters. The van der Waals surface area contributed by atoms with Crippen molar-refractivity contribution in [3.63, 3.8) is 0 Å². The van der Waals surface area contributed by atoms with Gasteiger partial charge < -0.3 is 19.3 Å². The first-order chi connectivity index (χ1) is 11.9. The van der Waals surface area contributed by atoms with E-state index < -0.39 is 14.0 Å². The summed E-state index contributed by atoms with van der Waals surface area (Å²) < 4.78 is 15.4. The van der Waals surface area contributed by atoms with Crippen LogP contribution in [0, 0.1) is 11.5 Å². The molecule has 0 heterocycles. The molecule has 1 N–H and O–H groups in total. The van der Waals surface area contributed by atoms with E-state index in [0.717, 1.165) is 30.0 Å². The summed E-state index contributed by atoms with van der Waals surface area (Å²) in [5, 5.41) is 9.17. The molecule has 136 valence electrons. The maximum Gasteiger partial charge on any atom is 0.375 e. The normalized spacial score (nSPS) is 11.3.